The van der Waals surface area contributed by atoms with Gasteiger partial charge in [-0.05, 0) is 45.5 Å². The summed E-state index contributed by atoms with van der Waals surface area (Å²) >= 11 is 0. The third-order valence-electron chi connectivity index (χ3n) is 5.02. The molecule has 2 heterocycles. The number of carbonyl (C=O) groups excluding carboxylic acids is 1. The summed E-state index contributed by atoms with van der Waals surface area (Å²) < 4.78 is 2.24. The summed E-state index contributed by atoms with van der Waals surface area (Å²) in [5.74, 6) is 1.21. The van der Waals surface area contributed by atoms with Crippen molar-refractivity contribution in [3.8, 4) is 0 Å². The first kappa shape index (κ1) is 17.0. The van der Waals surface area contributed by atoms with E-state index in [1.165, 1.54) is 18.4 Å². The smallest absolute Gasteiger partial charge is 0.237 e. The van der Waals surface area contributed by atoms with Crippen LogP contribution in [-0.4, -0.2) is 46.5 Å². The van der Waals surface area contributed by atoms with Gasteiger partial charge in [0, 0.05) is 19.5 Å². The SMILES string of the molecule is CCn1c(CCNC(=O)[C@H]2CCCCCN2C)nc2ccccc21. The number of likely N-dealkylation sites (tertiary alicyclic amines) is 1. The van der Waals surface area contributed by atoms with Crippen molar-refractivity contribution >= 4 is 16.9 Å². The minimum atomic E-state index is 0.0255. The minimum Gasteiger partial charge on any atom is -0.354 e. The Morgan fingerprint density at radius 1 is 1.29 bits per heavy atom. The van der Waals surface area contributed by atoms with Crippen LogP contribution in [0.5, 0.6) is 0 Å². The lowest BCUT2D eigenvalue weighted by Crippen LogP contribution is -2.45. The molecule has 0 aliphatic carbocycles. The number of rotatable bonds is 5. The Kier molecular flexibility index (Phi) is 5.51. The lowest BCUT2D eigenvalue weighted by Gasteiger charge is -2.24. The van der Waals surface area contributed by atoms with Crippen molar-refractivity contribution in [1.29, 1.82) is 0 Å². The Bertz CT molecular complexity index is 694. The van der Waals surface area contributed by atoms with Crippen molar-refractivity contribution in [1.82, 2.24) is 19.8 Å². The van der Waals surface area contributed by atoms with Crippen LogP contribution in [0.3, 0.4) is 0 Å². The maximum atomic E-state index is 12.5. The van der Waals surface area contributed by atoms with Crippen LogP contribution in [0, 0.1) is 0 Å². The van der Waals surface area contributed by atoms with Gasteiger partial charge in [0.2, 0.25) is 5.91 Å². The van der Waals surface area contributed by atoms with Crippen LogP contribution < -0.4 is 5.32 Å². The maximum absolute atomic E-state index is 12.5. The van der Waals surface area contributed by atoms with Gasteiger partial charge in [0.05, 0.1) is 17.1 Å². The number of benzene rings is 1. The van der Waals surface area contributed by atoms with Gasteiger partial charge >= 0.3 is 0 Å². The molecule has 1 saturated heterocycles. The highest BCUT2D eigenvalue weighted by Gasteiger charge is 2.24. The number of carbonyl (C=O) groups is 1. The molecule has 1 aromatic heterocycles. The van der Waals surface area contributed by atoms with Crippen LogP contribution in [0.25, 0.3) is 11.0 Å². The van der Waals surface area contributed by atoms with Crippen molar-refractivity contribution in [2.45, 2.75) is 51.6 Å². The molecular formula is C19H28N4O. The van der Waals surface area contributed by atoms with E-state index in [2.05, 4.69) is 34.8 Å². The monoisotopic (exact) mass is 328 g/mol. The van der Waals surface area contributed by atoms with Gasteiger partial charge in [-0.2, -0.15) is 0 Å². The molecule has 1 amide bonds. The first-order valence-corrected chi connectivity index (χ1v) is 9.12. The van der Waals surface area contributed by atoms with Gasteiger partial charge in [-0.15, -0.1) is 0 Å². The number of amides is 1. The molecule has 0 spiro atoms. The van der Waals surface area contributed by atoms with Crippen molar-refractivity contribution in [3.05, 3.63) is 30.1 Å². The minimum absolute atomic E-state index is 0.0255. The van der Waals surface area contributed by atoms with Crippen molar-refractivity contribution < 1.29 is 4.79 Å². The molecular weight excluding hydrogens is 300 g/mol. The molecule has 24 heavy (non-hydrogen) atoms. The van der Waals surface area contributed by atoms with Gasteiger partial charge in [-0.1, -0.05) is 25.0 Å². The molecule has 0 saturated carbocycles. The molecule has 3 rings (SSSR count). The number of para-hydroxylation sites is 2. The molecule has 130 valence electrons. The third-order valence-corrected chi connectivity index (χ3v) is 5.02. The Hall–Kier alpha value is -1.88. The largest absolute Gasteiger partial charge is 0.354 e. The second-order valence-electron chi connectivity index (χ2n) is 6.65. The molecule has 0 unspecified atom stereocenters. The Morgan fingerprint density at radius 2 is 2.12 bits per heavy atom. The van der Waals surface area contributed by atoms with Crippen molar-refractivity contribution in [2.24, 2.45) is 0 Å². The molecule has 1 aliphatic rings. The number of aryl methyl sites for hydroxylation is 1. The van der Waals surface area contributed by atoms with Crippen LogP contribution in [0.15, 0.2) is 24.3 Å². The second kappa shape index (κ2) is 7.79. The summed E-state index contributed by atoms with van der Waals surface area (Å²) in [5, 5.41) is 3.12. The fourth-order valence-electron chi connectivity index (χ4n) is 3.67. The van der Waals surface area contributed by atoms with E-state index in [1.54, 1.807) is 0 Å². The molecule has 0 bridgehead atoms. The standard InChI is InChI=1S/C19H28N4O/c1-3-23-16-10-7-6-9-15(16)21-18(23)12-13-20-19(24)17-11-5-4-8-14-22(17)2/h6-7,9-10,17H,3-5,8,11-14H2,1-2H3,(H,20,24)/t17-/m1/s1. The fraction of sp³-hybridized carbons (Fsp3) is 0.579. The molecule has 5 heteroatoms. The summed E-state index contributed by atoms with van der Waals surface area (Å²) in [4.78, 5) is 19.4. The zero-order chi connectivity index (χ0) is 16.9. The van der Waals surface area contributed by atoms with E-state index in [0.717, 1.165) is 43.7 Å². The van der Waals surface area contributed by atoms with E-state index in [4.69, 9.17) is 4.98 Å². The summed E-state index contributed by atoms with van der Waals surface area (Å²) in [6.45, 7) is 4.70. The molecule has 0 radical (unpaired) electrons. The van der Waals surface area contributed by atoms with Gasteiger partial charge < -0.3 is 9.88 Å². The highest BCUT2D eigenvalue weighted by atomic mass is 16.2. The van der Waals surface area contributed by atoms with E-state index < -0.39 is 0 Å². The summed E-state index contributed by atoms with van der Waals surface area (Å²) in [6.07, 6.45) is 5.31. The number of imidazole rings is 1. The molecule has 1 N–H and O–H groups in total. The molecule has 5 nitrogen and oxygen atoms in total. The van der Waals surface area contributed by atoms with E-state index in [-0.39, 0.29) is 11.9 Å². The summed E-state index contributed by atoms with van der Waals surface area (Å²) in [5.41, 5.74) is 2.20. The highest BCUT2D eigenvalue weighted by molar-refractivity contribution is 5.81. The van der Waals surface area contributed by atoms with Crippen molar-refractivity contribution in [2.75, 3.05) is 20.1 Å². The molecule has 1 aromatic carbocycles. The molecule has 2 aromatic rings. The zero-order valence-electron chi connectivity index (χ0n) is 14.8. The topological polar surface area (TPSA) is 50.2 Å². The number of likely N-dealkylation sites (N-methyl/N-ethyl adjacent to an activating group) is 1. The number of nitrogens with one attached hydrogen (secondary N) is 1. The lowest BCUT2D eigenvalue weighted by atomic mass is 10.1. The summed E-state index contributed by atoms with van der Waals surface area (Å²) in [6, 6.07) is 8.24. The van der Waals surface area contributed by atoms with Gasteiger partial charge in [0.15, 0.2) is 0 Å². The average molecular weight is 328 g/mol. The average Bonchev–Trinajstić information content (AvgIpc) is 2.80. The van der Waals surface area contributed by atoms with E-state index in [0.29, 0.717) is 6.54 Å². The van der Waals surface area contributed by atoms with Crippen LogP contribution in [-0.2, 0) is 17.8 Å². The Labute approximate surface area is 144 Å². The summed E-state index contributed by atoms with van der Waals surface area (Å²) in [7, 11) is 2.06. The highest BCUT2D eigenvalue weighted by Crippen LogP contribution is 2.17. The Morgan fingerprint density at radius 3 is 2.96 bits per heavy atom. The van der Waals surface area contributed by atoms with Crippen LogP contribution in [0.2, 0.25) is 0 Å². The quantitative estimate of drug-likeness (QED) is 0.918. The lowest BCUT2D eigenvalue weighted by molar-refractivity contribution is -0.126. The van der Waals surface area contributed by atoms with Gasteiger partial charge in [0.1, 0.15) is 5.82 Å². The Balaban J connectivity index is 1.61. The first-order chi connectivity index (χ1) is 11.7. The predicted octanol–water partition coefficient (Wildman–Crippen LogP) is 2.59. The van der Waals surface area contributed by atoms with E-state index in [1.807, 2.05) is 18.2 Å². The number of fused-ring (bicyclic) bond motifs is 1. The fourth-order valence-corrected chi connectivity index (χ4v) is 3.67. The molecule has 1 atom stereocenters. The second-order valence-corrected chi connectivity index (χ2v) is 6.65. The number of hydrogen-bond acceptors (Lipinski definition) is 3. The van der Waals surface area contributed by atoms with E-state index in [9.17, 15) is 4.79 Å². The van der Waals surface area contributed by atoms with Gasteiger partial charge in [-0.25, -0.2) is 4.98 Å². The third kappa shape index (κ3) is 3.61. The number of nitrogens with zero attached hydrogens (tertiary/aromatic N) is 3. The van der Waals surface area contributed by atoms with Crippen LogP contribution in [0.4, 0.5) is 0 Å². The number of hydrogen-bond donors (Lipinski definition) is 1. The van der Waals surface area contributed by atoms with Crippen LogP contribution in [0.1, 0.15) is 38.4 Å². The molecule has 1 fully saturated rings. The van der Waals surface area contributed by atoms with Crippen molar-refractivity contribution in [3.63, 3.8) is 0 Å². The normalized spacial score (nSPS) is 19.3. The van der Waals surface area contributed by atoms with Gasteiger partial charge in [0.25, 0.3) is 0 Å². The van der Waals surface area contributed by atoms with E-state index >= 15 is 0 Å². The van der Waals surface area contributed by atoms with Crippen LogP contribution >= 0.6 is 0 Å². The first-order valence-electron chi connectivity index (χ1n) is 9.12. The number of aromatic nitrogens is 2. The molecule has 1 aliphatic heterocycles. The predicted molar refractivity (Wildman–Crippen MR) is 97.0 cm³/mol. The van der Waals surface area contributed by atoms with Gasteiger partial charge in [-0.3, -0.25) is 9.69 Å². The zero-order valence-corrected chi connectivity index (χ0v) is 14.8. The maximum Gasteiger partial charge on any atom is 0.237 e.